The Hall–Kier alpha value is -0.860. The number of fused-ring (bicyclic) bond motifs is 9. The van der Waals surface area contributed by atoms with Gasteiger partial charge in [0.2, 0.25) is 0 Å². The molecule has 1 spiro atoms. The van der Waals surface area contributed by atoms with Gasteiger partial charge in [-0.2, -0.15) is 0 Å². The quantitative estimate of drug-likeness (QED) is 0.724. The van der Waals surface area contributed by atoms with Crippen LogP contribution in [-0.2, 0) is 4.74 Å². The van der Waals surface area contributed by atoms with Crippen LogP contribution in [0.15, 0.2) is 36.0 Å². The van der Waals surface area contributed by atoms with E-state index in [9.17, 15) is 5.11 Å². The third kappa shape index (κ3) is 1.69. The van der Waals surface area contributed by atoms with E-state index >= 15 is 0 Å². The van der Waals surface area contributed by atoms with Crippen molar-refractivity contribution >= 4 is 0 Å². The summed E-state index contributed by atoms with van der Waals surface area (Å²) < 4.78 is 6.54. The Bertz CT molecular complexity index is 690. The highest BCUT2D eigenvalue weighted by Crippen LogP contribution is 2.78. The standard InChI is InChI=1S/C23H30O2/c1-2-22-10-8-17-16-7-5-15(24)12-14(16)4-6-18(17)21(22)19-13-20(19)23(22)9-3-11-25-23/h3-4,6,9,12,15-21,24H,2,5,7-8,10-11,13H2,1H3/t15?,16?,17?,18?,19-,20+,21?,22?,23?/m1/s1. The van der Waals surface area contributed by atoms with Crippen molar-refractivity contribution in [1.29, 1.82) is 0 Å². The minimum absolute atomic E-state index is 0.0643. The summed E-state index contributed by atoms with van der Waals surface area (Å²) in [7, 11) is 0. The van der Waals surface area contributed by atoms with Crippen LogP contribution >= 0.6 is 0 Å². The third-order valence-electron chi connectivity index (χ3n) is 9.13. The predicted molar refractivity (Wildman–Crippen MR) is 97.8 cm³/mol. The second-order valence-electron chi connectivity index (χ2n) is 9.60. The lowest BCUT2D eigenvalue weighted by molar-refractivity contribution is -0.133. The Balaban J connectivity index is 1.43. The molecule has 1 N–H and O–H groups in total. The largest absolute Gasteiger partial charge is 0.389 e. The van der Waals surface area contributed by atoms with Crippen LogP contribution in [0.5, 0.6) is 0 Å². The van der Waals surface area contributed by atoms with Crippen molar-refractivity contribution in [3.63, 3.8) is 0 Å². The Morgan fingerprint density at radius 3 is 2.96 bits per heavy atom. The van der Waals surface area contributed by atoms with E-state index in [4.69, 9.17) is 4.74 Å². The van der Waals surface area contributed by atoms with E-state index in [-0.39, 0.29) is 11.7 Å². The lowest BCUT2D eigenvalue weighted by Gasteiger charge is -2.57. The lowest BCUT2D eigenvalue weighted by Crippen LogP contribution is -2.55. The number of ether oxygens (including phenoxy) is 1. The second kappa shape index (κ2) is 4.89. The fourth-order valence-corrected chi connectivity index (χ4v) is 8.27. The molecule has 0 aromatic rings. The first-order valence-electron chi connectivity index (χ1n) is 10.6. The molecular weight excluding hydrogens is 308 g/mol. The first-order valence-corrected chi connectivity index (χ1v) is 10.6. The number of aliphatic hydroxyl groups is 1. The van der Waals surface area contributed by atoms with Gasteiger partial charge in [0.05, 0.1) is 18.3 Å². The van der Waals surface area contributed by atoms with Crippen LogP contribution in [-0.4, -0.2) is 23.4 Å². The average Bonchev–Trinajstić information content (AvgIpc) is 3.20. The van der Waals surface area contributed by atoms with E-state index in [2.05, 4.69) is 37.3 Å². The maximum Gasteiger partial charge on any atom is 0.0957 e. The molecule has 0 saturated heterocycles. The van der Waals surface area contributed by atoms with E-state index < -0.39 is 0 Å². The molecule has 5 aliphatic carbocycles. The van der Waals surface area contributed by atoms with Crippen molar-refractivity contribution in [3.05, 3.63) is 36.0 Å². The van der Waals surface area contributed by atoms with Gasteiger partial charge in [-0.25, -0.2) is 0 Å². The zero-order chi connectivity index (χ0) is 16.8. The molecule has 1 heterocycles. The van der Waals surface area contributed by atoms with E-state index in [1.165, 1.54) is 37.7 Å². The Morgan fingerprint density at radius 2 is 2.16 bits per heavy atom. The molecule has 7 unspecified atom stereocenters. The first-order chi connectivity index (χ1) is 12.2. The van der Waals surface area contributed by atoms with E-state index in [1.54, 1.807) is 0 Å². The van der Waals surface area contributed by atoms with E-state index in [0.29, 0.717) is 11.3 Å². The molecule has 3 fully saturated rings. The van der Waals surface area contributed by atoms with Crippen molar-refractivity contribution in [1.82, 2.24) is 0 Å². The van der Waals surface area contributed by atoms with Crippen LogP contribution < -0.4 is 0 Å². The summed E-state index contributed by atoms with van der Waals surface area (Å²) in [5.41, 5.74) is 1.87. The highest BCUT2D eigenvalue weighted by Gasteiger charge is 2.77. The number of allylic oxidation sites excluding steroid dienone is 3. The summed E-state index contributed by atoms with van der Waals surface area (Å²) in [5.74, 6) is 4.72. The second-order valence-corrected chi connectivity index (χ2v) is 9.60. The molecule has 6 rings (SSSR count). The van der Waals surface area contributed by atoms with Gasteiger partial charge in [-0.3, -0.25) is 0 Å². The van der Waals surface area contributed by atoms with Crippen molar-refractivity contribution in [3.8, 4) is 0 Å². The van der Waals surface area contributed by atoms with Gasteiger partial charge in [0.15, 0.2) is 0 Å². The number of hydrogen-bond acceptors (Lipinski definition) is 2. The van der Waals surface area contributed by atoms with Crippen molar-refractivity contribution in [2.45, 2.75) is 57.2 Å². The Labute approximate surface area is 151 Å². The Morgan fingerprint density at radius 1 is 1.24 bits per heavy atom. The van der Waals surface area contributed by atoms with E-state index in [0.717, 1.165) is 42.6 Å². The van der Waals surface area contributed by atoms with Gasteiger partial charge in [0.1, 0.15) is 0 Å². The lowest BCUT2D eigenvalue weighted by atomic mass is 9.49. The molecule has 9 atom stereocenters. The molecule has 0 amide bonds. The van der Waals surface area contributed by atoms with Crippen molar-refractivity contribution in [2.75, 3.05) is 6.61 Å². The molecule has 0 aromatic carbocycles. The van der Waals surface area contributed by atoms with Gasteiger partial charge in [0, 0.05) is 5.41 Å². The minimum Gasteiger partial charge on any atom is -0.389 e. The summed E-state index contributed by atoms with van der Waals surface area (Å²) in [6, 6.07) is 0. The highest BCUT2D eigenvalue weighted by molar-refractivity contribution is 5.37. The first kappa shape index (κ1) is 15.2. The third-order valence-corrected chi connectivity index (χ3v) is 9.13. The van der Waals surface area contributed by atoms with Crippen LogP contribution in [0.4, 0.5) is 0 Å². The normalized spacial score (nSPS) is 57.7. The van der Waals surface area contributed by atoms with Crippen LogP contribution in [0.2, 0.25) is 0 Å². The summed E-state index contributed by atoms with van der Waals surface area (Å²) in [6.45, 7) is 3.25. The van der Waals surface area contributed by atoms with Crippen molar-refractivity contribution in [2.24, 2.45) is 40.9 Å². The zero-order valence-corrected chi connectivity index (χ0v) is 15.2. The van der Waals surface area contributed by atoms with Gasteiger partial charge < -0.3 is 9.84 Å². The molecule has 134 valence electrons. The zero-order valence-electron chi connectivity index (χ0n) is 15.2. The molecule has 2 heteroatoms. The monoisotopic (exact) mass is 338 g/mol. The summed E-state index contributed by atoms with van der Waals surface area (Å²) in [6.07, 6.45) is 19.1. The molecule has 3 saturated carbocycles. The number of aliphatic hydroxyl groups excluding tert-OH is 1. The topological polar surface area (TPSA) is 29.5 Å². The number of hydrogen-bond donors (Lipinski definition) is 1. The fourth-order valence-electron chi connectivity index (χ4n) is 8.27. The van der Waals surface area contributed by atoms with Crippen LogP contribution in [0.3, 0.4) is 0 Å². The van der Waals surface area contributed by atoms with Gasteiger partial charge in [-0.05, 0) is 79.6 Å². The van der Waals surface area contributed by atoms with Crippen molar-refractivity contribution < 1.29 is 9.84 Å². The maximum absolute atomic E-state index is 10.0. The molecule has 1 aliphatic heterocycles. The molecular formula is C23H30O2. The van der Waals surface area contributed by atoms with Gasteiger partial charge >= 0.3 is 0 Å². The summed E-state index contributed by atoms with van der Waals surface area (Å²) in [5, 5.41) is 10.0. The summed E-state index contributed by atoms with van der Waals surface area (Å²) in [4.78, 5) is 0. The Kier molecular flexibility index (Phi) is 2.98. The summed E-state index contributed by atoms with van der Waals surface area (Å²) >= 11 is 0. The van der Waals surface area contributed by atoms with Crippen LogP contribution in [0.25, 0.3) is 0 Å². The molecule has 0 aromatic heterocycles. The fraction of sp³-hybridized carbons (Fsp3) is 0.739. The van der Waals surface area contributed by atoms with Crippen LogP contribution in [0, 0.1) is 40.9 Å². The van der Waals surface area contributed by atoms with Gasteiger partial charge in [-0.1, -0.05) is 37.3 Å². The average molecular weight is 338 g/mol. The predicted octanol–water partition coefficient (Wildman–Crippen LogP) is 4.27. The molecule has 6 aliphatic rings. The molecule has 25 heavy (non-hydrogen) atoms. The smallest absolute Gasteiger partial charge is 0.0957 e. The minimum atomic E-state index is -0.217. The maximum atomic E-state index is 10.0. The number of rotatable bonds is 1. The highest BCUT2D eigenvalue weighted by atomic mass is 16.5. The van der Waals surface area contributed by atoms with Crippen LogP contribution in [0.1, 0.15) is 45.4 Å². The van der Waals surface area contributed by atoms with Gasteiger partial charge in [0.25, 0.3) is 0 Å². The SMILES string of the molecule is CCC12CCC3C4CCC(O)C=C4C=CC3C1[C@@H]1C[C@@H]1C21C=CCO1. The molecule has 0 radical (unpaired) electrons. The molecule has 2 nitrogen and oxygen atoms in total. The molecule has 0 bridgehead atoms. The van der Waals surface area contributed by atoms with Gasteiger partial charge in [-0.15, -0.1) is 0 Å². The van der Waals surface area contributed by atoms with E-state index in [1.807, 2.05) is 0 Å².